The van der Waals surface area contributed by atoms with E-state index in [4.69, 9.17) is 23.1 Å². The number of rotatable bonds is 21. The van der Waals surface area contributed by atoms with Crippen molar-refractivity contribution in [2.24, 2.45) is 0 Å². The second-order valence-electron chi connectivity index (χ2n) is 15.1. The topological polar surface area (TPSA) is 101 Å². The first kappa shape index (κ1) is 44.1. The highest BCUT2D eigenvalue weighted by molar-refractivity contribution is 8.00. The van der Waals surface area contributed by atoms with Crippen molar-refractivity contribution in [1.29, 1.82) is 0 Å². The molecule has 6 aromatic carbocycles. The van der Waals surface area contributed by atoms with Crippen LogP contribution < -0.4 is 8.92 Å². The van der Waals surface area contributed by atoms with Crippen LogP contribution in [-0.2, 0) is 43.8 Å². The van der Waals surface area contributed by atoms with E-state index in [1.54, 1.807) is 42.5 Å². The Bertz CT molecular complexity index is 2380. The monoisotopic (exact) mass is 858 g/mol. The summed E-state index contributed by atoms with van der Waals surface area (Å²) in [5, 5.41) is 11.9. The Balaban J connectivity index is 1.02. The molecule has 0 amide bonds. The summed E-state index contributed by atoms with van der Waals surface area (Å²) in [7, 11) is -4.28. The van der Waals surface area contributed by atoms with Gasteiger partial charge in [-0.1, -0.05) is 122 Å². The molecule has 0 radical (unpaired) electrons. The SMILES string of the molecule is CCCCOc1ccc(Sc2ccc(-c3ccccc3C(O)c3cccc(COCCc4ccc(CCOC5CCCCO5)cc4)c3)cc2S(=O)(=O)Oc2ccccc2)cc1. The Morgan fingerprint density at radius 3 is 2.25 bits per heavy atom. The van der Waals surface area contributed by atoms with Gasteiger partial charge in [-0.3, -0.25) is 0 Å². The quantitative estimate of drug-likeness (QED) is 0.0560. The summed E-state index contributed by atoms with van der Waals surface area (Å²) in [4.78, 5) is 1.38. The number of benzene rings is 6. The van der Waals surface area contributed by atoms with Gasteiger partial charge in [0.05, 0.1) is 26.4 Å². The van der Waals surface area contributed by atoms with E-state index in [0.717, 1.165) is 67.8 Å². The van der Waals surface area contributed by atoms with Gasteiger partial charge in [0.25, 0.3) is 0 Å². The van der Waals surface area contributed by atoms with Crippen molar-refractivity contribution in [2.75, 3.05) is 26.4 Å². The number of aliphatic hydroxyl groups is 1. The minimum absolute atomic E-state index is 0.0245. The molecule has 318 valence electrons. The first-order valence-electron chi connectivity index (χ1n) is 21.1. The van der Waals surface area contributed by atoms with E-state index in [-0.39, 0.29) is 16.9 Å². The average molecular weight is 859 g/mol. The van der Waals surface area contributed by atoms with Crippen molar-refractivity contribution in [3.05, 3.63) is 173 Å². The maximum absolute atomic E-state index is 14.0. The lowest BCUT2D eigenvalue weighted by Crippen LogP contribution is -2.23. The predicted octanol–water partition coefficient (Wildman–Crippen LogP) is 11.4. The second kappa shape index (κ2) is 22.2. The average Bonchev–Trinajstić information content (AvgIpc) is 3.29. The van der Waals surface area contributed by atoms with Crippen LogP contribution in [0.3, 0.4) is 0 Å². The van der Waals surface area contributed by atoms with Crippen molar-refractivity contribution in [2.45, 2.75) is 85.6 Å². The van der Waals surface area contributed by atoms with Crippen molar-refractivity contribution in [1.82, 2.24) is 0 Å². The summed E-state index contributed by atoms with van der Waals surface area (Å²) in [5.74, 6) is 0.982. The molecular formula is C51H54O8S2. The van der Waals surface area contributed by atoms with E-state index in [0.29, 0.717) is 53.6 Å². The molecule has 10 heteroatoms. The lowest BCUT2D eigenvalue weighted by atomic mass is 9.92. The Labute approximate surface area is 365 Å². The molecule has 1 N–H and O–H groups in total. The summed E-state index contributed by atoms with van der Waals surface area (Å²) < 4.78 is 57.2. The van der Waals surface area contributed by atoms with E-state index in [1.165, 1.54) is 22.9 Å². The largest absolute Gasteiger partial charge is 0.494 e. The molecule has 1 aliphatic heterocycles. The zero-order chi connectivity index (χ0) is 42.3. The normalized spacial score (nSPS) is 14.7. The summed E-state index contributed by atoms with van der Waals surface area (Å²) >= 11 is 1.33. The summed E-state index contributed by atoms with van der Waals surface area (Å²) in [6.07, 6.45) is 5.87. The lowest BCUT2D eigenvalue weighted by Gasteiger charge is -2.22. The fraction of sp³-hybridized carbons (Fsp3) is 0.294. The molecule has 6 aromatic rings. The number of unbranched alkanes of at least 4 members (excludes halogenated alkanes) is 1. The number of ether oxygens (including phenoxy) is 4. The Morgan fingerprint density at radius 2 is 1.49 bits per heavy atom. The van der Waals surface area contributed by atoms with Gasteiger partial charge in [-0.15, -0.1) is 0 Å². The number of aliphatic hydroxyl groups excluding tert-OH is 1. The predicted molar refractivity (Wildman–Crippen MR) is 241 cm³/mol. The van der Waals surface area contributed by atoms with Crippen LogP contribution in [0.15, 0.2) is 160 Å². The molecule has 2 unspecified atom stereocenters. The van der Waals surface area contributed by atoms with Crippen LogP contribution in [0.5, 0.6) is 11.5 Å². The fourth-order valence-corrected chi connectivity index (χ4v) is 9.40. The first-order chi connectivity index (χ1) is 29.8. The first-order valence-corrected chi connectivity index (χ1v) is 23.4. The second-order valence-corrected chi connectivity index (χ2v) is 17.7. The number of hydrogen-bond acceptors (Lipinski definition) is 9. The van der Waals surface area contributed by atoms with E-state index in [9.17, 15) is 13.5 Å². The summed E-state index contributed by atoms with van der Waals surface area (Å²) in [6.45, 7) is 5.16. The van der Waals surface area contributed by atoms with Crippen LogP contribution in [0, 0.1) is 0 Å². The molecule has 8 nitrogen and oxygen atoms in total. The maximum Gasteiger partial charge on any atom is 0.340 e. The van der Waals surface area contributed by atoms with Gasteiger partial charge in [0.15, 0.2) is 6.29 Å². The fourth-order valence-electron chi connectivity index (χ4n) is 7.10. The maximum atomic E-state index is 14.0. The zero-order valence-electron chi connectivity index (χ0n) is 34.6. The molecule has 1 saturated heterocycles. The van der Waals surface area contributed by atoms with Crippen LogP contribution in [0.1, 0.15) is 72.9 Å². The standard InChI is InChI=1S/C51H54O8S2/c1-2-3-31-56-43-24-26-45(27-25-43)60-48-28-23-41(36-49(48)61(53,54)59-44-14-5-4-6-15-44)46-16-7-8-17-47(46)51(52)42-13-11-12-40(35-42)37-55-33-29-38-19-21-39(22-20-38)30-34-58-50-18-9-10-32-57-50/h4-8,11-17,19-28,35-36,50-52H,2-3,9-10,18,29-34,37H2,1H3. The van der Waals surface area contributed by atoms with Gasteiger partial charge >= 0.3 is 10.1 Å². The van der Waals surface area contributed by atoms with Crippen LogP contribution in [0.2, 0.25) is 0 Å². The highest BCUT2D eigenvalue weighted by Gasteiger charge is 2.25. The van der Waals surface area contributed by atoms with E-state index < -0.39 is 16.2 Å². The molecule has 0 bridgehead atoms. The molecule has 1 fully saturated rings. The van der Waals surface area contributed by atoms with Crippen molar-refractivity contribution < 1.29 is 36.7 Å². The summed E-state index contributed by atoms with van der Waals surface area (Å²) in [6, 6.07) is 45.3. The lowest BCUT2D eigenvalue weighted by molar-refractivity contribution is -0.161. The number of hydrogen-bond donors (Lipinski definition) is 1. The minimum atomic E-state index is -4.28. The van der Waals surface area contributed by atoms with Gasteiger partial charge in [-0.25, -0.2) is 0 Å². The molecule has 0 saturated carbocycles. The molecule has 1 aliphatic rings. The van der Waals surface area contributed by atoms with Gasteiger partial charge in [0.2, 0.25) is 0 Å². The molecular weight excluding hydrogens is 805 g/mol. The minimum Gasteiger partial charge on any atom is -0.494 e. The van der Waals surface area contributed by atoms with Gasteiger partial charge in [0, 0.05) is 16.4 Å². The van der Waals surface area contributed by atoms with Gasteiger partial charge in [-0.05, 0) is 126 Å². The number of para-hydroxylation sites is 1. The molecule has 0 aromatic heterocycles. The third-order valence-corrected chi connectivity index (χ3v) is 13.0. The van der Waals surface area contributed by atoms with E-state index in [1.807, 2.05) is 78.9 Å². The van der Waals surface area contributed by atoms with Gasteiger partial charge < -0.3 is 28.2 Å². The Morgan fingerprint density at radius 1 is 0.738 bits per heavy atom. The van der Waals surface area contributed by atoms with Crippen LogP contribution in [-0.4, -0.2) is 46.2 Å². The Hall–Kier alpha value is -4.94. The molecule has 0 aliphatic carbocycles. The zero-order valence-corrected chi connectivity index (χ0v) is 36.3. The van der Waals surface area contributed by atoms with Crippen LogP contribution >= 0.6 is 11.8 Å². The van der Waals surface area contributed by atoms with Gasteiger partial charge in [0.1, 0.15) is 22.5 Å². The highest BCUT2D eigenvalue weighted by atomic mass is 32.2. The molecule has 2 atom stereocenters. The highest BCUT2D eigenvalue weighted by Crippen LogP contribution is 2.39. The molecule has 61 heavy (non-hydrogen) atoms. The van der Waals surface area contributed by atoms with E-state index in [2.05, 4.69) is 31.2 Å². The molecule has 1 heterocycles. The van der Waals surface area contributed by atoms with Crippen LogP contribution in [0.25, 0.3) is 11.1 Å². The smallest absolute Gasteiger partial charge is 0.340 e. The third kappa shape index (κ3) is 12.8. The van der Waals surface area contributed by atoms with Crippen LogP contribution in [0.4, 0.5) is 0 Å². The third-order valence-electron chi connectivity index (χ3n) is 10.5. The summed E-state index contributed by atoms with van der Waals surface area (Å²) in [5.41, 5.74) is 6.07. The van der Waals surface area contributed by atoms with Crippen molar-refractivity contribution in [3.8, 4) is 22.6 Å². The molecule has 0 spiro atoms. The van der Waals surface area contributed by atoms with E-state index >= 15 is 0 Å². The molecule has 7 rings (SSSR count). The van der Waals surface area contributed by atoms with Crippen molar-refractivity contribution >= 4 is 21.9 Å². The Kier molecular flexibility index (Phi) is 16.1. The van der Waals surface area contributed by atoms with Crippen molar-refractivity contribution in [3.63, 3.8) is 0 Å². The van der Waals surface area contributed by atoms with Gasteiger partial charge in [-0.2, -0.15) is 8.42 Å².